The van der Waals surface area contributed by atoms with Crippen LogP contribution >= 0.6 is 0 Å². The molecule has 0 saturated heterocycles. The van der Waals surface area contributed by atoms with Crippen LogP contribution in [0.25, 0.3) is 0 Å². The monoisotopic (exact) mass is 420 g/mol. The van der Waals surface area contributed by atoms with Crippen LogP contribution in [-0.2, 0) is 25.7 Å². The summed E-state index contributed by atoms with van der Waals surface area (Å²) in [5, 5.41) is 5.42. The second kappa shape index (κ2) is 12.2. The molecule has 0 radical (unpaired) electrons. The molecule has 1 rings (SSSR count). The van der Waals surface area contributed by atoms with Crippen LogP contribution < -0.4 is 10.6 Å². The molecule has 1 aromatic carbocycles. The molecular formula is C23H36N2O5. The Morgan fingerprint density at radius 3 is 2.23 bits per heavy atom. The Hall–Kier alpha value is -2.57. The molecule has 2 N–H and O–H groups in total. The van der Waals surface area contributed by atoms with E-state index in [0.717, 1.165) is 5.56 Å². The van der Waals surface area contributed by atoms with Gasteiger partial charge in [0.1, 0.15) is 12.2 Å². The van der Waals surface area contributed by atoms with Crippen LogP contribution in [-0.4, -0.2) is 36.2 Å². The van der Waals surface area contributed by atoms with Gasteiger partial charge in [0.15, 0.2) is 0 Å². The van der Waals surface area contributed by atoms with Crippen molar-refractivity contribution >= 4 is 18.0 Å². The Balaban J connectivity index is 2.48. The van der Waals surface area contributed by atoms with Gasteiger partial charge in [-0.15, -0.1) is 0 Å². The molecule has 1 aromatic rings. The summed E-state index contributed by atoms with van der Waals surface area (Å²) in [6.45, 7) is 11.5. The van der Waals surface area contributed by atoms with Gasteiger partial charge in [0.2, 0.25) is 5.91 Å². The lowest BCUT2D eigenvalue weighted by molar-refractivity contribution is -0.150. The smallest absolute Gasteiger partial charge is 0.407 e. The standard InChI is InChI=1S/C23H36N2O5/c1-16(2)12-19(21(27)29-15-18-10-8-7-9-11-18)14-24-20(26)13-17(3)25-22(28)30-23(4,5)6/h7-11,16-17,19H,12-15H2,1-6H3,(H,24,26)(H,25,28)/t17?,19-/m0/s1. The first-order chi connectivity index (χ1) is 14.0. The molecule has 7 heteroatoms. The fourth-order valence-corrected chi connectivity index (χ4v) is 2.83. The summed E-state index contributed by atoms with van der Waals surface area (Å²) >= 11 is 0. The Bertz CT molecular complexity index is 683. The van der Waals surface area contributed by atoms with Crippen LogP contribution in [0.1, 0.15) is 59.9 Å². The van der Waals surface area contributed by atoms with Crippen molar-refractivity contribution in [1.82, 2.24) is 10.6 Å². The number of carbonyl (C=O) groups is 3. The number of benzene rings is 1. The normalized spacial score (nSPS) is 13.3. The van der Waals surface area contributed by atoms with Gasteiger partial charge in [0, 0.05) is 19.0 Å². The maximum atomic E-state index is 12.5. The van der Waals surface area contributed by atoms with Crippen LogP contribution in [0.4, 0.5) is 4.79 Å². The lowest BCUT2D eigenvalue weighted by Crippen LogP contribution is -2.41. The Morgan fingerprint density at radius 2 is 1.67 bits per heavy atom. The van der Waals surface area contributed by atoms with E-state index >= 15 is 0 Å². The SMILES string of the molecule is CC(C)C[C@@H](CNC(=O)CC(C)NC(=O)OC(C)(C)C)C(=O)OCc1ccccc1. The van der Waals surface area contributed by atoms with E-state index in [2.05, 4.69) is 10.6 Å². The van der Waals surface area contributed by atoms with Crippen LogP contribution in [0.3, 0.4) is 0 Å². The van der Waals surface area contributed by atoms with Crippen LogP contribution in [0.15, 0.2) is 30.3 Å². The maximum Gasteiger partial charge on any atom is 0.407 e. The van der Waals surface area contributed by atoms with Gasteiger partial charge >= 0.3 is 12.1 Å². The first-order valence-corrected chi connectivity index (χ1v) is 10.4. The molecule has 168 valence electrons. The minimum atomic E-state index is -0.601. The lowest BCUT2D eigenvalue weighted by Gasteiger charge is -2.22. The van der Waals surface area contributed by atoms with E-state index in [4.69, 9.17) is 9.47 Å². The molecule has 0 aliphatic carbocycles. The zero-order chi connectivity index (χ0) is 22.7. The van der Waals surface area contributed by atoms with Gasteiger partial charge in [-0.1, -0.05) is 44.2 Å². The summed E-state index contributed by atoms with van der Waals surface area (Å²) in [7, 11) is 0. The van der Waals surface area contributed by atoms with Gasteiger partial charge in [0.25, 0.3) is 0 Å². The molecule has 0 fully saturated rings. The van der Waals surface area contributed by atoms with Crippen molar-refractivity contribution in [3.8, 4) is 0 Å². The quantitative estimate of drug-likeness (QED) is 0.562. The van der Waals surface area contributed by atoms with Gasteiger partial charge in [-0.05, 0) is 45.6 Å². The van der Waals surface area contributed by atoms with E-state index in [1.165, 1.54) is 0 Å². The molecule has 2 atom stereocenters. The predicted octanol–water partition coefficient (Wildman–Crippen LogP) is 3.81. The first-order valence-electron chi connectivity index (χ1n) is 10.4. The maximum absolute atomic E-state index is 12.5. The molecule has 0 aliphatic rings. The van der Waals surface area contributed by atoms with Crippen molar-refractivity contribution in [2.75, 3.05) is 6.54 Å². The summed E-state index contributed by atoms with van der Waals surface area (Å²) < 4.78 is 10.6. The number of hydrogen-bond acceptors (Lipinski definition) is 5. The highest BCUT2D eigenvalue weighted by Gasteiger charge is 2.23. The second-order valence-corrected chi connectivity index (χ2v) is 8.98. The van der Waals surface area contributed by atoms with Gasteiger partial charge in [-0.2, -0.15) is 0 Å². The molecule has 0 heterocycles. The number of nitrogens with one attached hydrogen (secondary N) is 2. The predicted molar refractivity (Wildman–Crippen MR) is 116 cm³/mol. The zero-order valence-corrected chi connectivity index (χ0v) is 19.0. The summed E-state index contributed by atoms with van der Waals surface area (Å²) in [5.74, 6) is -0.716. The fourth-order valence-electron chi connectivity index (χ4n) is 2.83. The van der Waals surface area contributed by atoms with Crippen LogP contribution in [0, 0.1) is 11.8 Å². The number of rotatable bonds is 10. The molecule has 7 nitrogen and oxygen atoms in total. The van der Waals surface area contributed by atoms with Gasteiger partial charge in [0.05, 0.1) is 5.92 Å². The molecule has 0 saturated carbocycles. The fraction of sp³-hybridized carbons (Fsp3) is 0.609. The number of esters is 1. The van der Waals surface area contributed by atoms with Gasteiger partial charge < -0.3 is 20.1 Å². The highest BCUT2D eigenvalue weighted by atomic mass is 16.6. The van der Waals surface area contributed by atoms with Crippen molar-refractivity contribution in [3.05, 3.63) is 35.9 Å². The number of alkyl carbamates (subject to hydrolysis) is 1. The van der Waals surface area contributed by atoms with E-state index in [0.29, 0.717) is 6.42 Å². The van der Waals surface area contributed by atoms with E-state index in [9.17, 15) is 14.4 Å². The summed E-state index contributed by atoms with van der Waals surface area (Å²) in [5.41, 5.74) is 0.316. The van der Waals surface area contributed by atoms with Crippen molar-refractivity contribution in [1.29, 1.82) is 0 Å². The zero-order valence-electron chi connectivity index (χ0n) is 19.0. The van der Waals surface area contributed by atoms with Gasteiger partial charge in [-0.3, -0.25) is 9.59 Å². The average Bonchev–Trinajstić information content (AvgIpc) is 2.61. The highest BCUT2D eigenvalue weighted by Crippen LogP contribution is 2.14. The van der Waals surface area contributed by atoms with Crippen LogP contribution in [0.2, 0.25) is 0 Å². The minimum Gasteiger partial charge on any atom is -0.461 e. The van der Waals surface area contributed by atoms with Crippen LogP contribution in [0.5, 0.6) is 0 Å². The Kier molecular flexibility index (Phi) is 10.4. The Morgan fingerprint density at radius 1 is 1.03 bits per heavy atom. The number of hydrogen-bond donors (Lipinski definition) is 2. The lowest BCUT2D eigenvalue weighted by atomic mass is 9.97. The number of amides is 2. The molecular weight excluding hydrogens is 384 g/mol. The van der Waals surface area contributed by atoms with E-state index < -0.39 is 23.7 Å². The molecule has 30 heavy (non-hydrogen) atoms. The average molecular weight is 421 g/mol. The van der Waals surface area contributed by atoms with Crippen molar-refractivity contribution in [3.63, 3.8) is 0 Å². The third-order valence-corrected chi connectivity index (χ3v) is 4.11. The first kappa shape index (κ1) is 25.5. The molecule has 0 aliphatic heterocycles. The van der Waals surface area contributed by atoms with E-state index in [-0.39, 0.29) is 37.4 Å². The van der Waals surface area contributed by atoms with E-state index in [1.807, 2.05) is 44.2 Å². The van der Waals surface area contributed by atoms with Crippen molar-refractivity contribution < 1.29 is 23.9 Å². The van der Waals surface area contributed by atoms with Crippen molar-refractivity contribution in [2.45, 2.75) is 72.6 Å². The summed E-state index contributed by atoms with van der Waals surface area (Å²) in [4.78, 5) is 36.6. The number of carbonyl (C=O) groups excluding carboxylic acids is 3. The largest absolute Gasteiger partial charge is 0.461 e. The number of ether oxygens (including phenoxy) is 2. The topological polar surface area (TPSA) is 93.7 Å². The molecule has 1 unspecified atom stereocenters. The summed E-state index contributed by atoms with van der Waals surface area (Å²) in [6, 6.07) is 9.08. The third kappa shape index (κ3) is 11.4. The highest BCUT2D eigenvalue weighted by molar-refractivity contribution is 5.79. The Labute approximate surface area is 179 Å². The second-order valence-electron chi connectivity index (χ2n) is 8.98. The molecule has 0 bridgehead atoms. The molecule has 2 amide bonds. The molecule has 0 spiro atoms. The minimum absolute atomic E-state index is 0.0900. The molecule has 0 aromatic heterocycles. The van der Waals surface area contributed by atoms with E-state index in [1.54, 1.807) is 27.7 Å². The summed E-state index contributed by atoms with van der Waals surface area (Å²) in [6.07, 6.45) is 0.136. The van der Waals surface area contributed by atoms with Crippen molar-refractivity contribution in [2.24, 2.45) is 11.8 Å². The van der Waals surface area contributed by atoms with Gasteiger partial charge in [-0.25, -0.2) is 4.79 Å². The third-order valence-electron chi connectivity index (χ3n) is 4.11.